The van der Waals surface area contributed by atoms with Gasteiger partial charge in [-0.2, -0.15) is 0 Å². The largest absolute Gasteiger partial charge is 0.342 e. The molecule has 1 aromatic rings. The van der Waals surface area contributed by atoms with E-state index in [0.29, 0.717) is 32.5 Å². The molecular formula is C23H33N3O4S. The SMILES string of the molecule is CC(=O)N1CCCc2cc(S(=O)(=O)NC3CCN(C(=O)C4CCCCC4)CC3)ccc21. The van der Waals surface area contributed by atoms with Gasteiger partial charge in [0.15, 0.2) is 0 Å². The number of anilines is 1. The molecule has 0 spiro atoms. The van der Waals surface area contributed by atoms with E-state index in [1.807, 2.05) is 4.90 Å². The molecule has 31 heavy (non-hydrogen) atoms. The number of piperidine rings is 1. The van der Waals surface area contributed by atoms with Crippen LogP contribution in [-0.2, 0) is 26.0 Å². The zero-order valence-corrected chi connectivity index (χ0v) is 19.1. The van der Waals surface area contributed by atoms with Gasteiger partial charge in [-0.1, -0.05) is 19.3 Å². The first-order valence-electron chi connectivity index (χ1n) is 11.6. The van der Waals surface area contributed by atoms with E-state index in [1.54, 1.807) is 23.1 Å². The first-order chi connectivity index (χ1) is 14.8. The van der Waals surface area contributed by atoms with Crippen LogP contribution in [0.1, 0.15) is 63.9 Å². The maximum Gasteiger partial charge on any atom is 0.240 e. The molecule has 0 radical (unpaired) electrons. The Kier molecular flexibility index (Phi) is 6.67. The quantitative estimate of drug-likeness (QED) is 0.769. The maximum atomic E-state index is 13.0. The van der Waals surface area contributed by atoms with Crippen LogP contribution in [0.2, 0.25) is 0 Å². The lowest BCUT2D eigenvalue weighted by Gasteiger charge is -2.35. The van der Waals surface area contributed by atoms with Gasteiger partial charge in [0.2, 0.25) is 21.8 Å². The van der Waals surface area contributed by atoms with E-state index in [-0.39, 0.29) is 28.7 Å². The van der Waals surface area contributed by atoms with Gasteiger partial charge in [0.05, 0.1) is 4.90 Å². The third kappa shape index (κ3) is 4.95. The molecule has 1 saturated carbocycles. The standard InChI is InChI=1S/C23H33N3O4S/c1-17(27)26-13-5-8-19-16-21(9-10-22(19)26)31(29,30)24-20-11-14-25(15-12-20)23(28)18-6-3-2-4-7-18/h9-10,16,18,20,24H,2-8,11-15H2,1H3. The third-order valence-corrected chi connectivity index (χ3v) is 8.46. The Morgan fingerprint density at radius 1 is 0.968 bits per heavy atom. The van der Waals surface area contributed by atoms with Crippen molar-refractivity contribution in [1.29, 1.82) is 0 Å². The number of nitrogens with zero attached hydrogens (tertiary/aromatic N) is 2. The van der Waals surface area contributed by atoms with Crippen molar-refractivity contribution >= 4 is 27.5 Å². The average molecular weight is 448 g/mol. The van der Waals surface area contributed by atoms with Crippen LogP contribution >= 0.6 is 0 Å². The van der Waals surface area contributed by atoms with Gasteiger partial charge < -0.3 is 9.80 Å². The van der Waals surface area contributed by atoms with Crippen LogP contribution in [0.15, 0.2) is 23.1 Å². The molecule has 1 aliphatic carbocycles. The lowest BCUT2D eigenvalue weighted by atomic mass is 9.87. The van der Waals surface area contributed by atoms with Gasteiger partial charge in [-0.05, 0) is 62.3 Å². The Labute approximate surface area is 185 Å². The number of hydrogen-bond donors (Lipinski definition) is 1. The summed E-state index contributed by atoms with van der Waals surface area (Å²) in [5.74, 6) is 0.391. The molecule has 1 saturated heterocycles. The fourth-order valence-corrected chi connectivity index (χ4v) is 6.54. The zero-order valence-electron chi connectivity index (χ0n) is 18.3. The summed E-state index contributed by atoms with van der Waals surface area (Å²) in [7, 11) is -3.65. The molecule has 0 aromatic heterocycles. The fourth-order valence-electron chi connectivity index (χ4n) is 5.18. The molecule has 0 bridgehead atoms. The molecule has 0 unspecified atom stereocenters. The van der Waals surface area contributed by atoms with Gasteiger partial charge in [0.1, 0.15) is 0 Å². The summed E-state index contributed by atoms with van der Waals surface area (Å²) >= 11 is 0. The number of carbonyl (C=O) groups excluding carboxylic acids is 2. The second-order valence-corrected chi connectivity index (χ2v) is 10.8. The van der Waals surface area contributed by atoms with E-state index in [2.05, 4.69) is 4.72 Å². The Morgan fingerprint density at radius 2 is 1.68 bits per heavy atom. The number of amides is 2. The Hall–Kier alpha value is -1.93. The summed E-state index contributed by atoms with van der Waals surface area (Å²) in [6, 6.07) is 4.87. The summed E-state index contributed by atoms with van der Waals surface area (Å²) in [6.07, 6.45) is 8.36. The van der Waals surface area contributed by atoms with Crippen LogP contribution in [0.25, 0.3) is 0 Å². The van der Waals surface area contributed by atoms with Crippen LogP contribution in [0.5, 0.6) is 0 Å². The number of hydrogen-bond acceptors (Lipinski definition) is 4. The van der Waals surface area contributed by atoms with Crippen LogP contribution in [0, 0.1) is 5.92 Å². The Bertz CT molecular complexity index is 932. The fraction of sp³-hybridized carbons (Fsp3) is 0.652. The average Bonchev–Trinajstić information content (AvgIpc) is 2.78. The van der Waals surface area contributed by atoms with Crippen molar-refractivity contribution in [2.24, 2.45) is 5.92 Å². The molecule has 2 fully saturated rings. The number of likely N-dealkylation sites (tertiary alicyclic amines) is 1. The van der Waals surface area contributed by atoms with Gasteiger partial charge >= 0.3 is 0 Å². The van der Waals surface area contributed by atoms with Crippen molar-refractivity contribution in [2.45, 2.75) is 75.6 Å². The van der Waals surface area contributed by atoms with E-state index in [0.717, 1.165) is 49.8 Å². The van der Waals surface area contributed by atoms with Crippen molar-refractivity contribution in [1.82, 2.24) is 9.62 Å². The number of fused-ring (bicyclic) bond motifs is 1. The molecule has 7 nitrogen and oxygen atoms in total. The van der Waals surface area contributed by atoms with Crippen molar-refractivity contribution in [3.8, 4) is 0 Å². The predicted octanol–water partition coefficient (Wildman–Crippen LogP) is 2.84. The smallest absolute Gasteiger partial charge is 0.240 e. The number of rotatable bonds is 4. The van der Waals surface area contributed by atoms with Crippen LogP contribution in [0.3, 0.4) is 0 Å². The van der Waals surface area contributed by atoms with Gasteiger partial charge in [-0.25, -0.2) is 13.1 Å². The second-order valence-electron chi connectivity index (χ2n) is 9.12. The summed E-state index contributed by atoms with van der Waals surface area (Å²) in [4.78, 5) is 28.5. The highest BCUT2D eigenvalue weighted by Crippen LogP contribution is 2.30. The number of nitrogens with one attached hydrogen (secondary N) is 1. The molecule has 2 heterocycles. The Morgan fingerprint density at radius 3 is 2.35 bits per heavy atom. The maximum absolute atomic E-state index is 13.0. The van der Waals surface area contributed by atoms with Gasteiger partial charge in [-0.3, -0.25) is 9.59 Å². The Balaban J connectivity index is 1.37. The summed E-state index contributed by atoms with van der Waals surface area (Å²) in [5, 5.41) is 0. The van der Waals surface area contributed by atoms with Crippen molar-refractivity contribution < 1.29 is 18.0 Å². The number of aryl methyl sites for hydroxylation is 1. The molecule has 1 aromatic carbocycles. The van der Waals surface area contributed by atoms with E-state index in [1.165, 1.54) is 13.3 Å². The summed E-state index contributed by atoms with van der Waals surface area (Å²) in [6.45, 7) is 3.43. The highest BCUT2D eigenvalue weighted by atomic mass is 32.2. The van der Waals surface area contributed by atoms with Crippen LogP contribution in [0.4, 0.5) is 5.69 Å². The molecule has 1 N–H and O–H groups in total. The molecular weight excluding hydrogens is 414 g/mol. The summed E-state index contributed by atoms with van der Waals surface area (Å²) in [5.41, 5.74) is 1.71. The molecule has 2 amide bonds. The number of sulfonamides is 1. The second kappa shape index (κ2) is 9.28. The highest BCUT2D eigenvalue weighted by molar-refractivity contribution is 7.89. The summed E-state index contributed by atoms with van der Waals surface area (Å²) < 4.78 is 28.8. The van der Waals surface area contributed by atoms with Gasteiger partial charge in [-0.15, -0.1) is 0 Å². The van der Waals surface area contributed by atoms with Crippen LogP contribution < -0.4 is 9.62 Å². The van der Waals surface area contributed by atoms with Gasteiger partial charge in [0, 0.05) is 44.2 Å². The molecule has 4 rings (SSSR count). The lowest BCUT2D eigenvalue weighted by Crippen LogP contribution is -2.48. The monoisotopic (exact) mass is 447 g/mol. The predicted molar refractivity (Wildman–Crippen MR) is 119 cm³/mol. The minimum absolute atomic E-state index is 0.0239. The normalized spacial score (nSPS) is 21.1. The van der Waals surface area contributed by atoms with E-state index in [9.17, 15) is 18.0 Å². The van der Waals surface area contributed by atoms with E-state index in [4.69, 9.17) is 0 Å². The third-order valence-electron chi connectivity index (χ3n) is 6.94. The van der Waals surface area contributed by atoms with Crippen molar-refractivity contribution in [3.63, 3.8) is 0 Å². The van der Waals surface area contributed by atoms with Crippen LogP contribution in [-0.4, -0.2) is 50.8 Å². The van der Waals surface area contributed by atoms with E-state index >= 15 is 0 Å². The van der Waals surface area contributed by atoms with Gasteiger partial charge in [0.25, 0.3) is 0 Å². The van der Waals surface area contributed by atoms with Crippen molar-refractivity contribution in [2.75, 3.05) is 24.5 Å². The first kappa shape index (κ1) is 22.3. The van der Waals surface area contributed by atoms with E-state index < -0.39 is 10.0 Å². The first-order valence-corrected chi connectivity index (χ1v) is 13.1. The molecule has 3 aliphatic rings. The van der Waals surface area contributed by atoms with Crippen molar-refractivity contribution in [3.05, 3.63) is 23.8 Å². The number of benzene rings is 1. The molecule has 8 heteroatoms. The molecule has 2 aliphatic heterocycles. The lowest BCUT2D eigenvalue weighted by molar-refractivity contribution is -0.137. The topological polar surface area (TPSA) is 86.8 Å². The number of carbonyl (C=O) groups is 2. The zero-order chi connectivity index (χ0) is 22.0. The highest BCUT2D eigenvalue weighted by Gasteiger charge is 2.31. The minimum atomic E-state index is -3.65. The molecule has 0 atom stereocenters. The molecule has 170 valence electrons. The minimum Gasteiger partial charge on any atom is -0.342 e.